The quantitative estimate of drug-likeness (QED) is 0.487. The van der Waals surface area contributed by atoms with Gasteiger partial charge in [0.15, 0.2) is 13.2 Å². The fraction of sp³-hybridized carbons (Fsp3) is 0.222. The Morgan fingerprint density at radius 3 is 2.10 bits per heavy atom. The van der Waals surface area contributed by atoms with Crippen LogP contribution in [0, 0.1) is 0 Å². The second-order valence-electron chi connectivity index (χ2n) is 5.77. The first-order chi connectivity index (χ1) is 14.4. The van der Waals surface area contributed by atoms with E-state index in [2.05, 4.69) is 14.3 Å². The van der Waals surface area contributed by atoms with Crippen molar-refractivity contribution in [3.63, 3.8) is 0 Å². The lowest BCUT2D eigenvalue weighted by atomic mass is 10.2. The molecule has 0 radical (unpaired) electrons. The second kappa shape index (κ2) is 9.77. The van der Waals surface area contributed by atoms with Gasteiger partial charge in [-0.25, -0.2) is 4.79 Å². The topological polar surface area (TPSA) is 73.9 Å². The van der Waals surface area contributed by atoms with Crippen LogP contribution >= 0.6 is 11.6 Å². The normalized spacial score (nSPS) is 11.6. The third kappa shape index (κ3) is 7.89. The summed E-state index contributed by atoms with van der Waals surface area (Å²) in [5.74, 6) is -3.50. The Morgan fingerprint density at radius 1 is 0.871 bits per heavy atom. The lowest BCUT2D eigenvalue weighted by Gasteiger charge is -2.15. The molecule has 0 unspecified atom stereocenters. The van der Waals surface area contributed by atoms with Crippen LogP contribution in [0.3, 0.4) is 0 Å². The molecule has 13 heteroatoms. The standard InChI is InChI=1S/C18H12ClF6NO5/c19-13-4-2-1-3-11(13)16(28)31-26-15(27)12-7-10(29-8-17(20,21)22)5-6-14(12)30-9-18(23,24)25/h1-7H,8-9H2,(H,26,27). The van der Waals surface area contributed by atoms with Gasteiger partial charge in [-0.05, 0) is 30.3 Å². The molecule has 0 heterocycles. The zero-order chi connectivity index (χ0) is 23.2. The Bertz CT molecular complexity index is 948. The minimum absolute atomic E-state index is 0.00139. The summed E-state index contributed by atoms with van der Waals surface area (Å²) in [6, 6.07) is 8.01. The highest BCUT2D eigenvalue weighted by Crippen LogP contribution is 2.28. The van der Waals surface area contributed by atoms with Crippen molar-refractivity contribution in [3.8, 4) is 11.5 Å². The lowest BCUT2D eigenvalue weighted by Crippen LogP contribution is -2.28. The Labute approximate surface area is 175 Å². The van der Waals surface area contributed by atoms with E-state index in [1.165, 1.54) is 24.3 Å². The summed E-state index contributed by atoms with van der Waals surface area (Å²) in [5.41, 5.74) is 0.880. The molecule has 0 fully saturated rings. The molecular weight excluding hydrogens is 460 g/mol. The summed E-state index contributed by atoms with van der Waals surface area (Å²) in [6.07, 6.45) is -9.45. The third-order valence-corrected chi connectivity index (χ3v) is 3.65. The van der Waals surface area contributed by atoms with Crippen molar-refractivity contribution in [1.29, 1.82) is 0 Å². The van der Waals surface area contributed by atoms with Gasteiger partial charge in [-0.2, -0.15) is 31.8 Å². The molecule has 168 valence electrons. The van der Waals surface area contributed by atoms with E-state index in [0.29, 0.717) is 6.07 Å². The van der Waals surface area contributed by atoms with E-state index in [-0.39, 0.29) is 10.6 Å². The van der Waals surface area contributed by atoms with E-state index in [4.69, 9.17) is 11.6 Å². The van der Waals surface area contributed by atoms with Crippen molar-refractivity contribution in [1.82, 2.24) is 5.48 Å². The SMILES string of the molecule is O=C(ONC(=O)c1cc(OCC(F)(F)F)ccc1OCC(F)(F)F)c1ccccc1Cl. The number of alkyl halides is 6. The summed E-state index contributed by atoms with van der Waals surface area (Å²) >= 11 is 5.80. The molecule has 2 aromatic carbocycles. The Hall–Kier alpha value is -3.15. The summed E-state index contributed by atoms with van der Waals surface area (Å²) < 4.78 is 83.2. The second-order valence-corrected chi connectivity index (χ2v) is 6.17. The van der Waals surface area contributed by atoms with E-state index in [0.717, 1.165) is 12.1 Å². The highest BCUT2D eigenvalue weighted by molar-refractivity contribution is 6.33. The van der Waals surface area contributed by atoms with Gasteiger partial charge < -0.3 is 14.3 Å². The molecule has 0 aliphatic heterocycles. The molecule has 0 spiro atoms. The fourth-order valence-electron chi connectivity index (χ4n) is 2.06. The third-order valence-electron chi connectivity index (χ3n) is 3.32. The number of ether oxygens (including phenoxy) is 2. The van der Waals surface area contributed by atoms with Crippen LogP contribution in [0.2, 0.25) is 5.02 Å². The van der Waals surface area contributed by atoms with Crippen molar-refractivity contribution in [2.75, 3.05) is 13.2 Å². The van der Waals surface area contributed by atoms with Gasteiger partial charge in [0.05, 0.1) is 16.1 Å². The Morgan fingerprint density at radius 2 is 1.48 bits per heavy atom. The maximum atomic E-state index is 12.4. The van der Waals surface area contributed by atoms with Crippen molar-refractivity contribution < 1.29 is 50.2 Å². The average Bonchev–Trinajstić information content (AvgIpc) is 2.68. The molecule has 6 nitrogen and oxygen atoms in total. The molecule has 2 rings (SSSR count). The minimum Gasteiger partial charge on any atom is -0.484 e. The van der Waals surface area contributed by atoms with Crippen LogP contribution < -0.4 is 15.0 Å². The number of hydroxylamine groups is 1. The minimum atomic E-state index is -4.75. The lowest BCUT2D eigenvalue weighted by molar-refractivity contribution is -0.154. The van der Waals surface area contributed by atoms with E-state index in [1.54, 1.807) is 5.48 Å². The van der Waals surface area contributed by atoms with Gasteiger partial charge in [0.25, 0.3) is 5.91 Å². The van der Waals surface area contributed by atoms with Gasteiger partial charge >= 0.3 is 18.3 Å². The van der Waals surface area contributed by atoms with Crippen LogP contribution in [0.5, 0.6) is 11.5 Å². The highest BCUT2D eigenvalue weighted by atomic mass is 35.5. The number of hydrogen-bond donors (Lipinski definition) is 1. The highest BCUT2D eigenvalue weighted by Gasteiger charge is 2.31. The van der Waals surface area contributed by atoms with Gasteiger partial charge in [0.1, 0.15) is 11.5 Å². The number of carbonyl (C=O) groups excluding carboxylic acids is 2. The first kappa shape index (κ1) is 24.1. The number of halogens is 7. The Balaban J connectivity index is 2.19. The van der Waals surface area contributed by atoms with E-state index in [1.807, 2.05) is 0 Å². The zero-order valence-electron chi connectivity index (χ0n) is 15.1. The largest absolute Gasteiger partial charge is 0.484 e. The first-order valence-corrected chi connectivity index (χ1v) is 8.53. The van der Waals surface area contributed by atoms with Gasteiger partial charge in [0.2, 0.25) is 0 Å². The summed E-state index contributed by atoms with van der Waals surface area (Å²) in [5, 5.41) is -0.00139. The molecule has 0 saturated carbocycles. The van der Waals surface area contributed by atoms with E-state index >= 15 is 0 Å². The molecule has 31 heavy (non-hydrogen) atoms. The van der Waals surface area contributed by atoms with Gasteiger partial charge in [-0.3, -0.25) is 4.79 Å². The van der Waals surface area contributed by atoms with Crippen LogP contribution in [0.15, 0.2) is 42.5 Å². The monoisotopic (exact) mass is 471 g/mol. The molecule has 0 aliphatic rings. The predicted molar refractivity (Wildman–Crippen MR) is 93.9 cm³/mol. The fourth-order valence-corrected chi connectivity index (χ4v) is 2.27. The van der Waals surface area contributed by atoms with Crippen LogP contribution in [0.1, 0.15) is 20.7 Å². The summed E-state index contributed by atoms with van der Waals surface area (Å²) in [7, 11) is 0. The zero-order valence-corrected chi connectivity index (χ0v) is 15.9. The number of rotatable bonds is 6. The number of hydrogen-bond acceptors (Lipinski definition) is 5. The molecule has 0 saturated heterocycles. The van der Waals surface area contributed by atoms with E-state index in [9.17, 15) is 35.9 Å². The number of amides is 1. The van der Waals surface area contributed by atoms with Crippen molar-refractivity contribution in [3.05, 3.63) is 58.6 Å². The van der Waals surface area contributed by atoms with Gasteiger partial charge in [-0.15, -0.1) is 0 Å². The summed E-state index contributed by atoms with van der Waals surface area (Å²) in [6.45, 7) is -3.49. The van der Waals surface area contributed by atoms with Crippen molar-refractivity contribution >= 4 is 23.5 Å². The average molecular weight is 472 g/mol. The van der Waals surface area contributed by atoms with Crippen molar-refractivity contribution in [2.24, 2.45) is 0 Å². The van der Waals surface area contributed by atoms with Crippen LogP contribution in [-0.2, 0) is 4.84 Å². The Kier molecular flexibility index (Phi) is 7.60. The predicted octanol–water partition coefficient (Wildman–Crippen LogP) is 4.72. The summed E-state index contributed by atoms with van der Waals surface area (Å²) in [4.78, 5) is 28.8. The smallest absolute Gasteiger partial charge is 0.422 e. The van der Waals surface area contributed by atoms with Crippen molar-refractivity contribution in [2.45, 2.75) is 12.4 Å². The molecule has 0 aliphatic carbocycles. The van der Waals surface area contributed by atoms with E-state index < -0.39 is 54.5 Å². The first-order valence-electron chi connectivity index (χ1n) is 8.15. The van der Waals surface area contributed by atoms with Crippen LogP contribution in [-0.4, -0.2) is 37.4 Å². The molecule has 0 aromatic heterocycles. The molecule has 2 aromatic rings. The number of nitrogens with one attached hydrogen (secondary N) is 1. The van der Waals surface area contributed by atoms with Gasteiger partial charge in [0, 0.05) is 0 Å². The molecular formula is C18H12ClF6NO5. The van der Waals surface area contributed by atoms with Crippen LogP contribution in [0.4, 0.5) is 26.3 Å². The maximum absolute atomic E-state index is 12.4. The van der Waals surface area contributed by atoms with Crippen LogP contribution in [0.25, 0.3) is 0 Å². The van der Waals surface area contributed by atoms with Gasteiger partial charge in [-0.1, -0.05) is 23.7 Å². The molecule has 1 N–H and O–H groups in total. The number of benzene rings is 2. The number of carbonyl (C=O) groups is 2. The molecule has 1 amide bonds. The molecule has 0 bridgehead atoms. The maximum Gasteiger partial charge on any atom is 0.422 e. The molecule has 0 atom stereocenters.